The molecule has 7 heteroatoms. The first-order chi connectivity index (χ1) is 19.5. The molecule has 4 aromatic rings. The van der Waals surface area contributed by atoms with E-state index in [9.17, 15) is 20.1 Å². The maximum Gasteiger partial charge on any atom is 0.411 e. The number of hydrogen-bond donors (Lipinski definition) is 4. The summed E-state index contributed by atoms with van der Waals surface area (Å²) in [5.74, 6) is -0.918. The molecule has 40 heavy (non-hydrogen) atoms. The van der Waals surface area contributed by atoms with Crippen LogP contribution in [0, 0.1) is 0 Å². The summed E-state index contributed by atoms with van der Waals surface area (Å²) in [6, 6.07) is 30.7. The lowest BCUT2D eigenvalue weighted by molar-refractivity contribution is 0.121. The van der Waals surface area contributed by atoms with E-state index in [2.05, 4.69) is 5.32 Å². The Balaban J connectivity index is 0.00000216. The molecule has 0 aliphatic heterocycles. The molecule has 0 aliphatic rings. The number of hydrogen-bond acceptors (Lipinski definition) is 5. The molecule has 6 nitrogen and oxygen atoms in total. The summed E-state index contributed by atoms with van der Waals surface area (Å²) >= 11 is 6.12. The zero-order chi connectivity index (χ0) is 28.9. The van der Waals surface area contributed by atoms with Crippen molar-refractivity contribution in [1.82, 2.24) is 0 Å². The Bertz CT molecular complexity index is 1320. The monoisotopic (exact) mass is 561 g/mol. The second-order valence-corrected chi connectivity index (χ2v) is 9.45. The first kappa shape index (κ1) is 30.7. The molecule has 1 amide bonds. The number of aliphatic hydroxyl groups excluding tert-OH is 2. The third-order valence-corrected chi connectivity index (χ3v) is 6.76. The number of ether oxygens (including phenoxy) is 1. The zero-order valence-electron chi connectivity index (χ0n) is 22.7. The van der Waals surface area contributed by atoms with Crippen LogP contribution in [0.25, 0.3) is 0 Å². The molecule has 0 heterocycles. The lowest BCUT2D eigenvalue weighted by Crippen LogP contribution is -2.21. The van der Waals surface area contributed by atoms with Crippen molar-refractivity contribution in [2.45, 2.75) is 44.8 Å². The van der Waals surface area contributed by atoms with Crippen LogP contribution in [0.15, 0.2) is 103 Å². The molecular weight excluding hydrogens is 526 g/mol. The molecule has 0 saturated heterocycles. The number of phenols is 1. The van der Waals surface area contributed by atoms with E-state index in [1.165, 1.54) is 6.07 Å². The van der Waals surface area contributed by atoms with E-state index in [0.717, 1.165) is 16.7 Å². The number of amides is 1. The molecule has 4 N–H and O–H groups in total. The number of rotatable bonds is 10. The number of carbonyl (C=O) groups excluding carboxylic acids is 1. The number of anilines is 1. The van der Waals surface area contributed by atoms with Crippen molar-refractivity contribution in [1.29, 1.82) is 0 Å². The summed E-state index contributed by atoms with van der Waals surface area (Å²) in [7, 11) is 0. The van der Waals surface area contributed by atoms with Crippen molar-refractivity contribution in [2.75, 3.05) is 11.9 Å². The van der Waals surface area contributed by atoms with Gasteiger partial charge in [0.15, 0.2) is 0 Å². The lowest BCUT2D eigenvalue weighted by Gasteiger charge is -2.32. The van der Waals surface area contributed by atoms with Crippen molar-refractivity contribution in [3.05, 3.63) is 130 Å². The molecule has 4 aromatic carbocycles. The fourth-order valence-electron chi connectivity index (χ4n) is 4.65. The van der Waals surface area contributed by atoms with Gasteiger partial charge in [-0.05, 0) is 47.2 Å². The Kier molecular flexibility index (Phi) is 12.0. The molecule has 0 aliphatic carbocycles. The van der Waals surface area contributed by atoms with E-state index in [1.807, 2.05) is 86.6 Å². The maximum atomic E-state index is 12.3. The normalized spacial score (nSPS) is 12.8. The Morgan fingerprint density at radius 3 is 2.10 bits per heavy atom. The van der Waals surface area contributed by atoms with Crippen molar-refractivity contribution in [3.63, 3.8) is 0 Å². The standard InChI is InChI=1S/C31H30ClNO5.C2H6/c32-24-13-11-23(12-14-24)29(26(17-18-34)22-9-5-2-6-10-22)30(36)27-16-15-25(19-28(27)35)33-31(37)38-20-21-7-3-1-4-8-21;1-2/h1-16,19,26,29-30,34-36H,17-18,20H2,(H,33,37);1-2H3/t26?,29?,30-;/m1./s1. The van der Waals surface area contributed by atoms with E-state index in [-0.39, 0.29) is 24.9 Å². The molecule has 0 bridgehead atoms. The predicted octanol–water partition coefficient (Wildman–Crippen LogP) is 7.80. The number of nitrogens with one attached hydrogen (secondary N) is 1. The van der Waals surface area contributed by atoms with Crippen LogP contribution in [-0.4, -0.2) is 28.0 Å². The highest BCUT2D eigenvalue weighted by Crippen LogP contribution is 2.46. The summed E-state index contributed by atoms with van der Waals surface area (Å²) in [6.07, 6.45) is -1.37. The molecule has 4 rings (SSSR count). The summed E-state index contributed by atoms with van der Waals surface area (Å²) in [5.41, 5.74) is 3.25. The van der Waals surface area contributed by atoms with Gasteiger partial charge in [0, 0.05) is 34.9 Å². The van der Waals surface area contributed by atoms with E-state index in [1.54, 1.807) is 24.3 Å². The van der Waals surface area contributed by atoms with Gasteiger partial charge in [0.25, 0.3) is 0 Å². The highest BCUT2D eigenvalue weighted by molar-refractivity contribution is 6.30. The quantitative estimate of drug-likeness (QED) is 0.158. The van der Waals surface area contributed by atoms with Gasteiger partial charge in [-0.2, -0.15) is 0 Å². The number of benzene rings is 4. The van der Waals surface area contributed by atoms with Gasteiger partial charge in [0.2, 0.25) is 0 Å². The van der Waals surface area contributed by atoms with Crippen LogP contribution < -0.4 is 5.32 Å². The van der Waals surface area contributed by atoms with Crippen LogP contribution in [0.3, 0.4) is 0 Å². The van der Waals surface area contributed by atoms with Gasteiger partial charge in [-0.1, -0.05) is 104 Å². The number of aromatic hydroxyl groups is 1. The zero-order valence-corrected chi connectivity index (χ0v) is 23.5. The predicted molar refractivity (Wildman–Crippen MR) is 160 cm³/mol. The first-order valence-corrected chi connectivity index (χ1v) is 13.7. The van der Waals surface area contributed by atoms with E-state index in [0.29, 0.717) is 22.7 Å². The molecule has 0 fully saturated rings. The fraction of sp³-hybridized carbons (Fsp3) is 0.242. The highest BCUT2D eigenvalue weighted by Gasteiger charge is 2.33. The first-order valence-electron chi connectivity index (χ1n) is 13.4. The van der Waals surface area contributed by atoms with E-state index in [4.69, 9.17) is 16.3 Å². The van der Waals surface area contributed by atoms with Crippen LogP contribution in [0.1, 0.15) is 60.5 Å². The third kappa shape index (κ3) is 8.33. The average Bonchev–Trinajstić information content (AvgIpc) is 2.99. The van der Waals surface area contributed by atoms with Crippen molar-refractivity contribution >= 4 is 23.4 Å². The third-order valence-electron chi connectivity index (χ3n) is 6.50. The molecule has 3 atom stereocenters. The largest absolute Gasteiger partial charge is 0.507 e. The number of halogens is 1. The molecular formula is C33H36ClNO5. The molecule has 2 unspecified atom stereocenters. The Morgan fingerprint density at radius 2 is 1.50 bits per heavy atom. The van der Waals surface area contributed by atoms with Crippen LogP contribution >= 0.6 is 11.6 Å². The van der Waals surface area contributed by atoms with Crippen LogP contribution in [-0.2, 0) is 11.3 Å². The minimum Gasteiger partial charge on any atom is -0.507 e. The summed E-state index contributed by atoms with van der Waals surface area (Å²) in [5, 5.41) is 35.6. The second kappa shape index (κ2) is 15.7. The molecule has 0 saturated carbocycles. The Morgan fingerprint density at radius 1 is 0.875 bits per heavy atom. The minimum atomic E-state index is -1.12. The van der Waals surface area contributed by atoms with Crippen molar-refractivity contribution in [2.24, 2.45) is 0 Å². The summed E-state index contributed by atoms with van der Waals surface area (Å²) in [6.45, 7) is 4.04. The smallest absolute Gasteiger partial charge is 0.411 e. The minimum absolute atomic E-state index is 0.0731. The van der Waals surface area contributed by atoms with Gasteiger partial charge >= 0.3 is 6.09 Å². The van der Waals surface area contributed by atoms with Crippen molar-refractivity contribution in [3.8, 4) is 5.75 Å². The number of phenolic OH excluding ortho intramolecular Hbond substituents is 1. The molecule has 0 aromatic heterocycles. The van der Waals surface area contributed by atoms with Gasteiger partial charge in [0.05, 0.1) is 6.10 Å². The lowest BCUT2D eigenvalue weighted by atomic mass is 9.74. The topological polar surface area (TPSA) is 99.0 Å². The van der Waals surface area contributed by atoms with Crippen molar-refractivity contribution < 1.29 is 24.9 Å². The summed E-state index contributed by atoms with van der Waals surface area (Å²) in [4.78, 5) is 12.3. The van der Waals surface area contributed by atoms with Crippen LogP contribution in [0.5, 0.6) is 5.75 Å². The number of carbonyl (C=O) groups is 1. The van der Waals surface area contributed by atoms with Gasteiger partial charge in [-0.3, -0.25) is 5.32 Å². The fourth-order valence-corrected chi connectivity index (χ4v) is 4.78. The van der Waals surface area contributed by atoms with E-state index < -0.39 is 18.1 Å². The average molecular weight is 562 g/mol. The highest BCUT2D eigenvalue weighted by atomic mass is 35.5. The van der Waals surface area contributed by atoms with Gasteiger partial charge in [-0.15, -0.1) is 0 Å². The summed E-state index contributed by atoms with van der Waals surface area (Å²) < 4.78 is 5.25. The van der Waals surface area contributed by atoms with Gasteiger partial charge in [0.1, 0.15) is 12.4 Å². The second-order valence-electron chi connectivity index (χ2n) is 9.01. The van der Waals surface area contributed by atoms with Crippen LogP contribution in [0.4, 0.5) is 10.5 Å². The number of aliphatic hydroxyl groups is 2. The molecule has 0 spiro atoms. The Labute approximate surface area is 240 Å². The van der Waals surface area contributed by atoms with Crippen LogP contribution in [0.2, 0.25) is 5.02 Å². The SMILES string of the molecule is CC.O=C(Nc1ccc([C@@H](O)C(c2ccc(Cl)cc2)C(CCO)c2ccccc2)c(O)c1)OCc1ccccc1. The van der Waals surface area contributed by atoms with Gasteiger partial charge in [-0.25, -0.2) is 4.79 Å². The Hall–Kier alpha value is -3.84. The van der Waals surface area contributed by atoms with E-state index >= 15 is 0 Å². The maximum absolute atomic E-state index is 12.3. The molecule has 210 valence electrons. The van der Waals surface area contributed by atoms with Gasteiger partial charge < -0.3 is 20.1 Å². The molecule has 0 radical (unpaired) electrons.